The number of benzene rings is 2. The van der Waals surface area contributed by atoms with Gasteiger partial charge in [0, 0.05) is 26.6 Å². The van der Waals surface area contributed by atoms with Crippen molar-refractivity contribution in [1.29, 1.82) is 0 Å². The predicted octanol–water partition coefficient (Wildman–Crippen LogP) is 2.67. The van der Waals surface area contributed by atoms with Crippen LogP contribution >= 0.6 is 22.9 Å². The summed E-state index contributed by atoms with van der Waals surface area (Å²) >= 11 is 8.18. The van der Waals surface area contributed by atoms with Crippen molar-refractivity contribution in [3.8, 4) is 5.75 Å². The maximum absolute atomic E-state index is 10.5. The van der Waals surface area contributed by atoms with Gasteiger partial charge in [0.1, 0.15) is 36.3 Å². The van der Waals surface area contributed by atoms with Gasteiger partial charge in [-0.05, 0) is 35.2 Å². The molecule has 0 bridgehead atoms. The summed E-state index contributed by atoms with van der Waals surface area (Å²) in [6.07, 6.45) is -5.69. The lowest BCUT2D eigenvalue weighted by atomic mass is 9.90. The second-order valence-electron chi connectivity index (χ2n) is 7.36. The van der Waals surface area contributed by atoms with Gasteiger partial charge in [0.2, 0.25) is 0 Å². The molecule has 0 unspecified atom stereocenters. The summed E-state index contributed by atoms with van der Waals surface area (Å²) in [7, 11) is 1.48. The second kappa shape index (κ2) is 8.80. The van der Waals surface area contributed by atoms with Crippen LogP contribution in [0.3, 0.4) is 0 Å². The highest BCUT2D eigenvalue weighted by Crippen LogP contribution is 2.40. The molecule has 8 heteroatoms. The van der Waals surface area contributed by atoms with Gasteiger partial charge >= 0.3 is 0 Å². The maximum Gasteiger partial charge on any atom is 0.126 e. The van der Waals surface area contributed by atoms with E-state index in [1.807, 2.05) is 12.1 Å². The minimum absolute atomic E-state index is 0.393. The van der Waals surface area contributed by atoms with Gasteiger partial charge in [0.15, 0.2) is 0 Å². The number of halogens is 1. The summed E-state index contributed by atoms with van der Waals surface area (Å²) in [5, 5.41) is 41.9. The summed E-state index contributed by atoms with van der Waals surface area (Å²) in [5.74, 6) is 0.393. The highest BCUT2D eigenvalue weighted by atomic mass is 35.5. The molecule has 3 aromatic rings. The average molecular weight is 451 g/mol. The molecule has 0 radical (unpaired) electrons. The molecule has 1 saturated heterocycles. The Bertz CT molecular complexity index is 1000. The van der Waals surface area contributed by atoms with Crippen LogP contribution in [0.1, 0.15) is 22.1 Å². The van der Waals surface area contributed by atoms with E-state index in [4.69, 9.17) is 21.1 Å². The Balaban J connectivity index is 1.71. The largest absolute Gasteiger partial charge is 0.496 e. The molecule has 30 heavy (non-hydrogen) atoms. The minimum atomic E-state index is -1.47. The fourth-order valence-corrected chi connectivity index (χ4v) is 5.13. The van der Waals surface area contributed by atoms with Crippen molar-refractivity contribution in [3.05, 3.63) is 63.5 Å². The van der Waals surface area contributed by atoms with E-state index in [9.17, 15) is 20.4 Å². The molecule has 1 fully saturated rings. The molecule has 4 N–H and O–H groups in total. The van der Waals surface area contributed by atoms with Gasteiger partial charge < -0.3 is 29.9 Å². The molecule has 160 valence electrons. The van der Waals surface area contributed by atoms with Crippen LogP contribution in [0, 0.1) is 0 Å². The van der Waals surface area contributed by atoms with Gasteiger partial charge in [0.05, 0.1) is 13.7 Å². The third-order valence-corrected chi connectivity index (χ3v) is 6.91. The van der Waals surface area contributed by atoms with Crippen LogP contribution in [-0.4, -0.2) is 58.6 Å². The molecule has 2 aromatic carbocycles. The average Bonchev–Trinajstić information content (AvgIpc) is 3.16. The van der Waals surface area contributed by atoms with Crippen molar-refractivity contribution in [1.82, 2.24) is 0 Å². The van der Waals surface area contributed by atoms with E-state index >= 15 is 0 Å². The zero-order chi connectivity index (χ0) is 21.4. The first-order valence-corrected chi connectivity index (χ1v) is 10.8. The van der Waals surface area contributed by atoms with Crippen LogP contribution in [0.15, 0.2) is 42.5 Å². The summed E-state index contributed by atoms with van der Waals surface area (Å²) in [6, 6.07) is 13.7. The van der Waals surface area contributed by atoms with E-state index in [-0.39, 0.29) is 0 Å². The van der Waals surface area contributed by atoms with Crippen LogP contribution in [0.2, 0.25) is 5.02 Å². The molecule has 1 aliphatic heterocycles. The van der Waals surface area contributed by atoms with E-state index in [1.54, 1.807) is 23.5 Å². The molecular weight excluding hydrogens is 428 g/mol. The Morgan fingerprint density at radius 1 is 1.07 bits per heavy atom. The van der Waals surface area contributed by atoms with Crippen LogP contribution in [0.4, 0.5) is 0 Å². The standard InChI is InChI=1S/C22H23ClO6S/c1-28-16-9-15(23)12(7-13-6-11-4-2-3-5-18(11)30-13)8-14(16)22-21(27)20(26)19(25)17(10-24)29-22/h2-6,8-9,17,19-22,24-27H,7,10H2,1H3/t17-,19-,20+,21-,22+/m1/s1. The fourth-order valence-electron chi connectivity index (χ4n) is 3.82. The molecule has 0 aliphatic carbocycles. The number of fused-ring (bicyclic) bond motifs is 1. The number of hydrogen-bond acceptors (Lipinski definition) is 7. The van der Waals surface area contributed by atoms with Crippen molar-refractivity contribution < 1.29 is 29.9 Å². The Labute approximate surface area is 182 Å². The van der Waals surface area contributed by atoms with E-state index in [2.05, 4.69) is 18.2 Å². The van der Waals surface area contributed by atoms with E-state index in [0.29, 0.717) is 22.8 Å². The number of hydrogen-bond donors (Lipinski definition) is 4. The lowest BCUT2D eigenvalue weighted by Crippen LogP contribution is -2.55. The number of aliphatic hydroxyl groups is 4. The van der Waals surface area contributed by atoms with Gasteiger partial charge in [-0.3, -0.25) is 0 Å². The van der Waals surface area contributed by atoms with E-state index in [0.717, 1.165) is 15.8 Å². The Morgan fingerprint density at radius 3 is 2.53 bits per heavy atom. The summed E-state index contributed by atoms with van der Waals surface area (Å²) in [5.41, 5.74) is 1.31. The number of ether oxygens (including phenoxy) is 2. The normalized spacial score (nSPS) is 26.8. The predicted molar refractivity (Wildman–Crippen MR) is 115 cm³/mol. The first-order chi connectivity index (χ1) is 14.4. The van der Waals surface area contributed by atoms with Gasteiger partial charge in [-0.25, -0.2) is 0 Å². The number of methoxy groups -OCH3 is 1. The van der Waals surface area contributed by atoms with Gasteiger partial charge in [-0.15, -0.1) is 11.3 Å². The molecule has 6 nitrogen and oxygen atoms in total. The Kier molecular flexibility index (Phi) is 6.31. The number of aliphatic hydroxyl groups excluding tert-OH is 4. The van der Waals surface area contributed by atoms with Crippen molar-refractivity contribution in [2.45, 2.75) is 36.9 Å². The zero-order valence-corrected chi connectivity index (χ0v) is 17.8. The molecule has 0 amide bonds. The highest BCUT2D eigenvalue weighted by molar-refractivity contribution is 7.19. The molecule has 5 atom stereocenters. The third kappa shape index (κ3) is 3.94. The monoisotopic (exact) mass is 450 g/mol. The Morgan fingerprint density at radius 2 is 1.83 bits per heavy atom. The minimum Gasteiger partial charge on any atom is -0.496 e. The van der Waals surface area contributed by atoms with E-state index in [1.165, 1.54) is 11.8 Å². The smallest absolute Gasteiger partial charge is 0.126 e. The van der Waals surface area contributed by atoms with Gasteiger partial charge in [-0.1, -0.05) is 29.8 Å². The summed E-state index contributed by atoms with van der Waals surface area (Å²) < 4.78 is 12.3. The van der Waals surface area contributed by atoms with E-state index < -0.39 is 37.1 Å². The lowest BCUT2D eigenvalue weighted by molar-refractivity contribution is -0.232. The topological polar surface area (TPSA) is 99.4 Å². The molecule has 2 heterocycles. The lowest BCUT2D eigenvalue weighted by Gasteiger charge is -2.40. The summed E-state index contributed by atoms with van der Waals surface area (Å²) in [6.45, 7) is -0.494. The molecule has 4 rings (SSSR count). The van der Waals surface area contributed by atoms with Crippen molar-refractivity contribution in [3.63, 3.8) is 0 Å². The van der Waals surface area contributed by atoms with Gasteiger partial charge in [0.25, 0.3) is 0 Å². The maximum atomic E-state index is 10.5. The van der Waals surface area contributed by atoms with Crippen molar-refractivity contribution in [2.75, 3.05) is 13.7 Å². The Hall–Kier alpha value is -1.71. The molecule has 1 aliphatic rings. The van der Waals surface area contributed by atoms with Crippen LogP contribution in [-0.2, 0) is 11.2 Å². The van der Waals surface area contributed by atoms with Gasteiger partial charge in [-0.2, -0.15) is 0 Å². The fraction of sp³-hybridized carbons (Fsp3) is 0.364. The zero-order valence-electron chi connectivity index (χ0n) is 16.2. The second-order valence-corrected chi connectivity index (χ2v) is 8.94. The number of rotatable bonds is 5. The first kappa shape index (κ1) is 21.5. The molecular formula is C22H23ClO6S. The molecule has 0 saturated carbocycles. The van der Waals surface area contributed by atoms with Crippen LogP contribution < -0.4 is 4.74 Å². The van der Waals surface area contributed by atoms with Crippen LogP contribution in [0.25, 0.3) is 10.1 Å². The van der Waals surface area contributed by atoms with Crippen LogP contribution in [0.5, 0.6) is 5.75 Å². The van der Waals surface area contributed by atoms with Crippen molar-refractivity contribution in [2.24, 2.45) is 0 Å². The molecule has 1 aromatic heterocycles. The molecule has 0 spiro atoms. The third-order valence-electron chi connectivity index (χ3n) is 5.44. The van der Waals surface area contributed by atoms with Crippen molar-refractivity contribution >= 4 is 33.0 Å². The SMILES string of the molecule is COc1cc(Cl)c(Cc2cc3ccccc3s2)cc1[C@@H]1O[C@H](CO)[C@@H](O)[C@H](O)[C@H]1O. The quantitative estimate of drug-likeness (QED) is 0.477. The highest BCUT2D eigenvalue weighted by Gasteiger charge is 2.45. The number of thiophene rings is 1. The first-order valence-electron chi connectivity index (χ1n) is 9.57. The summed E-state index contributed by atoms with van der Waals surface area (Å²) in [4.78, 5) is 1.13.